The molecule has 0 amide bonds. The van der Waals surface area contributed by atoms with Crippen LogP contribution in [0.2, 0.25) is 0 Å². The number of hydrogen-bond donors (Lipinski definition) is 2. The second-order valence-electron chi connectivity index (χ2n) is 8.38. The van der Waals surface area contributed by atoms with Gasteiger partial charge in [0.05, 0.1) is 40.7 Å². The summed E-state index contributed by atoms with van der Waals surface area (Å²) in [5.41, 5.74) is 0.463. The molecule has 1 unspecified atom stereocenters. The number of nitrogens with zero attached hydrogens (tertiary/aromatic N) is 4. The van der Waals surface area contributed by atoms with Crippen molar-refractivity contribution in [3.8, 4) is 34.9 Å². The van der Waals surface area contributed by atoms with E-state index in [9.17, 15) is 18.5 Å². The molecule has 2 aromatic carbocycles. The Hall–Kier alpha value is -4.57. The van der Waals surface area contributed by atoms with Crippen molar-refractivity contribution in [2.24, 2.45) is 4.99 Å². The van der Waals surface area contributed by atoms with Gasteiger partial charge >= 0.3 is 5.97 Å². The number of phenolic OH excluding ortho intramolecular Hbond substituents is 1. The van der Waals surface area contributed by atoms with E-state index < -0.39 is 45.8 Å². The number of nitriles is 1. The zero-order chi connectivity index (χ0) is 28.1. The Bertz CT molecular complexity index is 1530. The molecule has 0 saturated heterocycles. The maximum Gasteiger partial charge on any atom is 0.303 e. The highest BCUT2D eigenvalue weighted by molar-refractivity contribution is 7.85. The Kier molecular flexibility index (Phi) is 8.36. The van der Waals surface area contributed by atoms with Crippen LogP contribution in [0.5, 0.6) is 28.9 Å². The van der Waals surface area contributed by atoms with Crippen molar-refractivity contribution >= 4 is 22.6 Å². The van der Waals surface area contributed by atoms with Crippen molar-refractivity contribution in [3.05, 3.63) is 65.4 Å². The topological polar surface area (TPSA) is 145 Å². The number of carboxylic acid groups (broad SMARTS) is 1. The maximum atomic E-state index is 15.4. The number of halogens is 2. The molecule has 2 N–H and O–H groups in total. The van der Waals surface area contributed by atoms with E-state index in [4.69, 9.17) is 19.8 Å². The first-order valence-corrected chi connectivity index (χ1v) is 12.9. The summed E-state index contributed by atoms with van der Waals surface area (Å²) in [4.78, 5) is 21.0. The summed E-state index contributed by atoms with van der Waals surface area (Å²) in [6.07, 6.45) is 0.766. The number of carbonyl (C=O) groups is 1. The first kappa shape index (κ1) is 27.5. The smallest absolute Gasteiger partial charge is 0.303 e. The average molecular weight is 557 g/mol. The van der Waals surface area contributed by atoms with Crippen molar-refractivity contribution in [1.82, 2.24) is 9.88 Å². The lowest BCUT2D eigenvalue weighted by atomic mass is 10.1. The van der Waals surface area contributed by atoms with Crippen LogP contribution in [0.25, 0.3) is 0 Å². The van der Waals surface area contributed by atoms with Crippen LogP contribution in [0.15, 0.2) is 52.5 Å². The number of hydrogen-bond acceptors (Lipinski definition) is 9. The van der Waals surface area contributed by atoms with Gasteiger partial charge in [0, 0.05) is 36.7 Å². The van der Waals surface area contributed by atoms with E-state index >= 15 is 4.39 Å². The van der Waals surface area contributed by atoms with Crippen molar-refractivity contribution in [2.45, 2.75) is 17.7 Å². The van der Waals surface area contributed by atoms with Crippen molar-refractivity contribution in [1.29, 1.82) is 5.26 Å². The molecule has 39 heavy (non-hydrogen) atoms. The van der Waals surface area contributed by atoms with Crippen LogP contribution in [-0.2, 0) is 15.6 Å². The van der Waals surface area contributed by atoms with Gasteiger partial charge in [0.25, 0.3) is 5.88 Å². The van der Waals surface area contributed by atoms with Crippen LogP contribution in [0, 0.1) is 23.0 Å². The van der Waals surface area contributed by atoms with Gasteiger partial charge in [-0.1, -0.05) is 0 Å². The number of ether oxygens (including phenoxy) is 2. The van der Waals surface area contributed by atoms with Crippen molar-refractivity contribution in [2.75, 3.05) is 25.9 Å². The number of benzene rings is 2. The zero-order valence-electron chi connectivity index (χ0n) is 20.6. The summed E-state index contributed by atoms with van der Waals surface area (Å²) >= 11 is 0. The predicted molar refractivity (Wildman–Crippen MR) is 136 cm³/mol. The lowest BCUT2D eigenvalue weighted by Crippen LogP contribution is -2.24. The third kappa shape index (κ3) is 6.29. The van der Waals surface area contributed by atoms with E-state index in [2.05, 4.69) is 9.98 Å². The second kappa shape index (κ2) is 11.9. The molecule has 3 aromatic rings. The molecular formula is C26H22F2N4O6S. The van der Waals surface area contributed by atoms with E-state index in [0.29, 0.717) is 35.6 Å². The average Bonchev–Trinajstić information content (AvgIpc) is 3.34. The number of phenols is 1. The highest BCUT2D eigenvalue weighted by atomic mass is 32.2. The molecule has 0 radical (unpaired) electrons. The Morgan fingerprint density at radius 3 is 2.69 bits per heavy atom. The fourth-order valence-corrected chi connectivity index (χ4v) is 4.80. The lowest BCUT2D eigenvalue weighted by Gasteiger charge is -2.19. The molecule has 202 valence electrons. The second-order valence-corrected chi connectivity index (χ2v) is 9.96. The van der Waals surface area contributed by atoms with Crippen LogP contribution in [0.3, 0.4) is 0 Å². The fraction of sp³-hybridized carbons (Fsp3) is 0.231. The summed E-state index contributed by atoms with van der Waals surface area (Å²) in [5.74, 6) is -5.04. The van der Waals surface area contributed by atoms with Crippen molar-refractivity contribution < 1.29 is 37.5 Å². The van der Waals surface area contributed by atoms with Crippen LogP contribution >= 0.6 is 0 Å². The van der Waals surface area contributed by atoms with Gasteiger partial charge in [-0.3, -0.25) is 14.0 Å². The summed E-state index contributed by atoms with van der Waals surface area (Å²) in [7, 11) is 0.238. The van der Waals surface area contributed by atoms with Gasteiger partial charge in [0.2, 0.25) is 11.6 Å². The van der Waals surface area contributed by atoms with Gasteiger partial charge in [-0.2, -0.15) is 9.65 Å². The van der Waals surface area contributed by atoms with E-state index in [1.165, 1.54) is 36.4 Å². The number of pyridine rings is 1. The molecular weight excluding hydrogens is 534 g/mol. The van der Waals surface area contributed by atoms with Crippen LogP contribution < -0.4 is 9.47 Å². The number of rotatable bonds is 10. The molecule has 0 bridgehead atoms. The Labute approximate surface area is 224 Å². The molecule has 0 aliphatic carbocycles. The number of likely N-dealkylation sites (N-methyl/N-ethyl adjacent to an activating group) is 1. The molecule has 0 saturated carbocycles. The number of aromatic hydroxyl groups is 1. The predicted octanol–water partition coefficient (Wildman–Crippen LogP) is 4.19. The largest absolute Gasteiger partial charge is 0.504 e. The van der Waals surface area contributed by atoms with Gasteiger partial charge in [0.1, 0.15) is 11.6 Å². The number of aromatic nitrogens is 1. The number of amidine groups is 1. The van der Waals surface area contributed by atoms with E-state index in [0.717, 1.165) is 0 Å². The number of aliphatic imine (C=N–C) groups is 1. The molecule has 0 spiro atoms. The third-order valence-corrected chi connectivity index (χ3v) is 7.08. The molecule has 0 fully saturated rings. The molecule has 1 aromatic heterocycles. The first-order chi connectivity index (χ1) is 18.7. The summed E-state index contributed by atoms with van der Waals surface area (Å²) in [6, 6.07) is 9.94. The van der Waals surface area contributed by atoms with Gasteiger partial charge in [-0.05, 0) is 36.8 Å². The van der Waals surface area contributed by atoms with E-state index in [-0.39, 0.29) is 35.7 Å². The minimum absolute atomic E-state index is 0.0121. The SMILES string of the molecule is CN1CCN=C1c1cc(S(=O)CCCC(=O)O)ccc1Oc1c(F)cnc(Oc2cc(C#N)ccc2O)c1F. The lowest BCUT2D eigenvalue weighted by molar-refractivity contribution is -0.137. The summed E-state index contributed by atoms with van der Waals surface area (Å²) in [5, 5.41) is 27.9. The van der Waals surface area contributed by atoms with Crippen LogP contribution in [-0.4, -0.2) is 62.0 Å². The van der Waals surface area contributed by atoms with Gasteiger partial charge in [0.15, 0.2) is 17.3 Å². The zero-order valence-corrected chi connectivity index (χ0v) is 21.4. The standard InChI is InChI=1S/C26H22F2N4O6S/c1-32-9-8-30-25(32)17-12-16(39(36)10-2-3-22(34)35)5-7-20(17)37-24-18(27)14-31-26(23(24)28)38-21-11-15(13-29)4-6-19(21)33/h4-7,11-12,14,33H,2-3,8-10H2,1H3,(H,34,35). The summed E-state index contributed by atoms with van der Waals surface area (Å²) < 4.78 is 53.9. The first-order valence-electron chi connectivity index (χ1n) is 11.6. The Morgan fingerprint density at radius 2 is 2.00 bits per heavy atom. The fourth-order valence-electron chi connectivity index (χ4n) is 3.69. The van der Waals surface area contributed by atoms with E-state index in [1.807, 2.05) is 6.07 Å². The number of carboxylic acids is 1. The highest BCUT2D eigenvalue weighted by Gasteiger charge is 2.25. The molecule has 1 aliphatic heterocycles. The van der Waals surface area contributed by atoms with Gasteiger partial charge in [-0.15, -0.1) is 0 Å². The van der Waals surface area contributed by atoms with Gasteiger partial charge < -0.3 is 24.6 Å². The number of aliphatic carboxylic acids is 1. The third-order valence-electron chi connectivity index (χ3n) is 5.64. The molecule has 4 rings (SSSR count). The monoisotopic (exact) mass is 556 g/mol. The normalized spacial score (nSPS) is 13.5. The van der Waals surface area contributed by atoms with E-state index in [1.54, 1.807) is 11.9 Å². The molecule has 2 heterocycles. The maximum absolute atomic E-state index is 15.4. The quantitative estimate of drug-likeness (QED) is 0.375. The molecule has 13 heteroatoms. The molecule has 10 nitrogen and oxygen atoms in total. The molecule has 1 aliphatic rings. The van der Waals surface area contributed by atoms with Gasteiger partial charge in [-0.25, -0.2) is 9.37 Å². The van der Waals surface area contributed by atoms with Crippen molar-refractivity contribution in [3.63, 3.8) is 0 Å². The van der Waals surface area contributed by atoms with Crippen LogP contribution in [0.4, 0.5) is 8.78 Å². The Balaban J connectivity index is 1.68. The summed E-state index contributed by atoms with van der Waals surface area (Å²) in [6.45, 7) is 1.06. The minimum Gasteiger partial charge on any atom is -0.504 e. The minimum atomic E-state index is -1.53. The highest BCUT2D eigenvalue weighted by Crippen LogP contribution is 2.38. The van der Waals surface area contributed by atoms with Crippen LogP contribution in [0.1, 0.15) is 24.0 Å². The Morgan fingerprint density at radius 1 is 1.21 bits per heavy atom. The molecule has 1 atom stereocenters.